The van der Waals surface area contributed by atoms with Crippen LogP contribution in [0.5, 0.6) is 0 Å². The minimum atomic E-state index is 0.0894. The highest BCUT2D eigenvalue weighted by Crippen LogP contribution is 2.64. The number of allylic oxidation sites excluding steroid dienone is 2. The number of rotatable bonds is 4. The molecule has 2 aliphatic carbocycles. The Morgan fingerprint density at radius 1 is 1.37 bits per heavy atom. The van der Waals surface area contributed by atoms with Gasteiger partial charge in [0, 0.05) is 24.8 Å². The van der Waals surface area contributed by atoms with Crippen LogP contribution >= 0.6 is 22.9 Å². The maximum atomic E-state index is 13.0. The van der Waals surface area contributed by atoms with E-state index in [1.807, 2.05) is 30.2 Å². The van der Waals surface area contributed by atoms with E-state index in [9.17, 15) is 4.79 Å². The molecule has 0 bridgehead atoms. The largest absolute Gasteiger partial charge is 0.454 e. The molecule has 1 amide bonds. The monoisotopic (exact) mass is 405 g/mol. The average molecular weight is 406 g/mol. The number of likely N-dealkylation sites (N-methyl/N-ethyl adjacent to an activating group) is 2. The van der Waals surface area contributed by atoms with Gasteiger partial charge in [0.2, 0.25) is 6.79 Å². The molecular formula is C20H22ClN2O3S+. The fourth-order valence-corrected chi connectivity index (χ4v) is 5.92. The molecule has 0 N–H and O–H groups in total. The lowest BCUT2D eigenvalue weighted by molar-refractivity contribution is -0.977. The Balaban J connectivity index is 1.35. The molecule has 7 heteroatoms. The topological polar surface area (TPSA) is 38.8 Å². The number of thiophene rings is 1. The van der Waals surface area contributed by atoms with Crippen LogP contribution in [0.2, 0.25) is 4.34 Å². The van der Waals surface area contributed by atoms with Gasteiger partial charge >= 0.3 is 0 Å². The van der Waals surface area contributed by atoms with Crippen molar-refractivity contribution >= 4 is 28.8 Å². The van der Waals surface area contributed by atoms with Crippen LogP contribution in [0.25, 0.3) is 0 Å². The van der Waals surface area contributed by atoms with Crippen molar-refractivity contribution in [3.05, 3.63) is 56.7 Å². The maximum absolute atomic E-state index is 13.0. The zero-order valence-corrected chi connectivity index (χ0v) is 17.0. The number of fused-ring (bicyclic) bond motifs is 2. The van der Waals surface area contributed by atoms with Crippen molar-refractivity contribution in [2.75, 3.05) is 27.4 Å². The van der Waals surface area contributed by atoms with Crippen molar-refractivity contribution in [1.29, 1.82) is 0 Å². The highest BCUT2D eigenvalue weighted by Gasteiger charge is 2.74. The number of hydrogen-bond donors (Lipinski definition) is 0. The van der Waals surface area contributed by atoms with Crippen molar-refractivity contribution in [1.82, 2.24) is 4.90 Å². The molecule has 5 nitrogen and oxygen atoms in total. The first-order chi connectivity index (χ1) is 12.9. The molecule has 1 aromatic heterocycles. The number of ether oxygens (including phenoxy) is 2. The molecule has 1 aromatic rings. The summed E-state index contributed by atoms with van der Waals surface area (Å²) in [5, 5.41) is 0. The molecular weight excluding hydrogens is 384 g/mol. The molecule has 2 fully saturated rings. The van der Waals surface area contributed by atoms with E-state index in [2.05, 4.69) is 19.2 Å². The minimum Gasteiger partial charge on any atom is -0.454 e. The summed E-state index contributed by atoms with van der Waals surface area (Å²) in [6, 6.07) is 4.08. The fourth-order valence-electron chi connectivity index (χ4n) is 4.78. The van der Waals surface area contributed by atoms with Crippen molar-refractivity contribution in [3.63, 3.8) is 0 Å². The number of amides is 1. The molecule has 1 saturated heterocycles. The number of nitrogens with zero attached hydrogens (tertiary/aromatic N) is 2. The number of hydrogen-bond acceptors (Lipinski definition) is 4. The molecule has 4 aliphatic rings. The van der Waals surface area contributed by atoms with E-state index >= 15 is 0 Å². The summed E-state index contributed by atoms with van der Waals surface area (Å²) in [5.41, 5.74) is 1.48. The molecule has 1 saturated carbocycles. The summed E-state index contributed by atoms with van der Waals surface area (Å²) in [4.78, 5) is 15.9. The summed E-state index contributed by atoms with van der Waals surface area (Å²) in [5.74, 6) is 1.80. The number of carbonyl (C=O) groups is 1. The quantitative estimate of drug-likeness (QED) is 0.720. The maximum Gasteiger partial charge on any atom is 0.277 e. The van der Waals surface area contributed by atoms with Crippen LogP contribution in [0, 0.1) is 0 Å². The smallest absolute Gasteiger partial charge is 0.277 e. The third kappa shape index (κ3) is 2.50. The van der Waals surface area contributed by atoms with Gasteiger partial charge < -0.3 is 18.9 Å². The second kappa shape index (κ2) is 5.87. The highest BCUT2D eigenvalue weighted by atomic mass is 35.5. The summed E-state index contributed by atoms with van der Waals surface area (Å²) in [6.45, 7) is 1.39. The third-order valence-corrected chi connectivity index (χ3v) is 7.69. The van der Waals surface area contributed by atoms with Crippen LogP contribution in [-0.2, 0) is 20.8 Å². The summed E-state index contributed by atoms with van der Waals surface area (Å²) >= 11 is 7.54. The Labute approximate surface area is 167 Å². The molecule has 0 aromatic carbocycles. The lowest BCUT2D eigenvalue weighted by Crippen LogP contribution is -2.74. The van der Waals surface area contributed by atoms with Crippen LogP contribution in [0.15, 0.2) is 47.5 Å². The van der Waals surface area contributed by atoms with Gasteiger partial charge in [-0.15, -0.1) is 11.3 Å². The number of carbonyl (C=O) groups excluding carboxylic acids is 1. The Morgan fingerprint density at radius 2 is 2.15 bits per heavy atom. The molecule has 2 unspecified atom stereocenters. The standard InChI is InChI=1S/C20H22ClN2O3S/c1-22(10-13-3-6-18(21)27-13)19(24)11-23(2)15-4-5-16-17(26-12-25-16)9-14(15)20(23)7-8-20/h3-6,9,15H,7-8,10-12H2,1-2H3/q+1. The first-order valence-corrected chi connectivity index (χ1v) is 10.4. The van der Waals surface area contributed by atoms with E-state index < -0.39 is 0 Å². The third-order valence-electron chi connectivity index (χ3n) is 6.47. The van der Waals surface area contributed by atoms with Gasteiger partial charge in [-0.1, -0.05) is 11.6 Å². The lowest BCUT2D eigenvalue weighted by atomic mass is 9.79. The molecule has 1 spiro atoms. The number of halogens is 1. The first-order valence-electron chi connectivity index (χ1n) is 9.17. The van der Waals surface area contributed by atoms with E-state index in [1.165, 1.54) is 16.9 Å². The highest BCUT2D eigenvalue weighted by molar-refractivity contribution is 7.16. The number of quaternary nitrogens is 1. The predicted molar refractivity (Wildman–Crippen MR) is 104 cm³/mol. The normalized spacial score (nSPS) is 29.1. The molecule has 0 radical (unpaired) electrons. The summed E-state index contributed by atoms with van der Waals surface area (Å²) in [7, 11) is 4.09. The van der Waals surface area contributed by atoms with E-state index in [1.54, 1.807) is 0 Å². The molecule has 142 valence electrons. The Morgan fingerprint density at radius 3 is 2.85 bits per heavy atom. The zero-order valence-electron chi connectivity index (χ0n) is 15.4. The first kappa shape index (κ1) is 17.3. The van der Waals surface area contributed by atoms with Crippen molar-refractivity contribution in [2.45, 2.75) is 31.0 Å². The van der Waals surface area contributed by atoms with Crippen molar-refractivity contribution in [2.24, 2.45) is 0 Å². The second-order valence-electron chi connectivity index (χ2n) is 7.95. The average Bonchev–Trinajstić information content (AvgIpc) is 3.27. The van der Waals surface area contributed by atoms with Crippen LogP contribution < -0.4 is 0 Å². The van der Waals surface area contributed by atoms with Gasteiger partial charge in [-0.3, -0.25) is 4.79 Å². The van der Waals surface area contributed by atoms with E-state index in [4.69, 9.17) is 21.1 Å². The van der Waals surface area contributed by atoms with Crippen molar-refractivity contribution in [3.8, 4) is 0 Å². The lowest BCUT2D eigenvalue weighted by Gasteiger charge is -2.58. The SMILES string of the molecule is CN(Cc1ccc(Cl)s1)C(=O)C[N+]1(C)C2C=CC3=C(C=C2C12CC2)OCO3. The molecule has 5 rings (SSSR count). The summed E-state index contributed by atoms with van der Waals surface area (Å²) in [6.07, 6.45) is 8.59. The van der Waals surface area contributed by atoms with Crippen molar-refractivity contribution < 1.29 is 18.8 Å². The van der Waals surface area contributed by atoms with Gasteiger partial charge in [-0.05, 0) is 30.4 Å². The van der Waals surface area contributed by atoms with Crippen LogP contribution in [0.3, 0.4) is 0 Å². The molecule has 27 heavy (non-hydrogen) atoms. The van der Waals surface area contributed by atoms with Gasteiger partial charge in [0.1, 0.15) is 11.6 Å². The van der Waals surface area contributed by atoms with Gasteiger partial charge in [-0.2, -0.15) is 0 Å². The fraction of sp³-hybridized carbons (Fsp3) is 0.450. The predicted octanol–water partition coefficient (Wildman–Crippen LogP) is 3.43. The van der Waals surface area contributed by atoms with Gasteiger partial charge in [-0.25, -0.2) is 0 Å². The van der Waals surface area contributed by atoms with Crippen LogP contribution in [0.4, 0.5) is 0 Å². The summed E-state index contributed by atoms with van der Waals surface area (Å²) < 4.78 is 12.6. The zero-order chi connectivity index (χ0) is 18.8. The van der Waals surface area contributed by atoms with E-state index in [-0.39, 0.29) is 17.5 Å². The molecule has 3 heterocycles. The van der Waals surface area contributed by atoms with Gasteiger partial charge in [0.05, 0.1) is 23.5 Å². The minimum absolute atomic E-state index is 0.0894. The Bertz CT molecular complexity index is 914. The molecule has 2 atom stereocenters. The van der Waals surface area contributed by atoms with E-state index in [0.717, 1.165) is 38.1 Å². The van der Waals surface area contributed by atoms with Gasteiger partial charge in [0.15, 0.2) is 18.1 Å². The van der Waals surface area contributed by atoms with Gasteiger partial charge in [0.25, 0.3) is 5.91 Å². The second-order valence-corrected chi connectivity index (χ2v) is 9.75. The number of likely N-dealkylation sites (tertiary alicyclic amines) is 1. The van der Waals surface area contributed by atoms with Crippen LogP contribution in [-0.4, -0.2) is 54.3 Å². The van der Waals surface area contributed by atoms with E-state index in [0.29, 0.717) is 19.9 Å². The molecule has 2 aliphatic heterocycles. The van der Waals surface area contributed by atoms with Crippen LogP contribution in [0.1, 0.15) is 17.7 Å². The Kier molecular flexibility index (Phi) is 3.77. The Hall–Kier alpha value is -1.76.